The van der Waals surface area contributed by atoms with Gasteiger partial charge in [-0.15, -0.1) is 0 Å². The maximum absolute atomic E-state index is 12.6. The van der Waals surface area contributed by atoms with E-state index in [1.54, 1.807) is 0 Å². The van der Waals surface area contributed by atoms with Crippen LogP contribution in [0.15, 0.2) is 30.3 Å². The summed E-state index contributed by atoms with van der Waals surface area (Å²) >= 11 is 0. The number of nitrogens with zero attached hydrogens (tertiary/aromatic N) is 1. The highest BCUT2D eigenvalue weighted by Gasteiger charge is 2.49. The Morgan fingerprint density at radius 1 is 1.21 bits per heavy atom. The zero-order valence-corrected chi connectivity index (χ0v) is 11.1. The largest absolute Gasteiger partial charge is 0.338 e. The second-order valence-corrected chi connectivity index (χ2v) is 6.17. The van der Waals surface area contributed by atoms with Crippen molar-refractivity contribution >= 4 is 5.91 Å². The fraction of sp³-hybridized carbons (Fsp3) is 0.562. The molecule has 1 amide bonds. The Morgan fingerprint density at radius 3 is 2.89 bits per heavy atom. The summed E-state index contributed by atoms with van der Waals surface area (Å²) < 4.78 is 0. The Balaban J connectivity index is 1.45. The normalized spacial score (nSPS) is 36.3. The first-order valence-electron chi connectivity index (χ1n) is 7.41. The number of hydrogen-bond donors (Lipinski definition) is 1. The molecule has 1 N–H and O–H groups in total. The molecule has 3 nitrogen and oxygen atoms in total. The second kappa shape index (κ2) is 4.34. The number of amides is 1. The molecule has 2 aliphatic heterocycles. The standard InChI is InChI=1S/C16H20N2O/c19-16(18-7-6-12-9-17-10-15(12)18)14-8-13(14)11-4-2-1-3-5-11/h1-5,12-15,17H,6-10H2/t12-,13?,14?,15+/m0/s1. The van der Waals surface area contributed by atoms with Crippen LogP contribution in [0.2, 0.25) is 0 Å². The van der Waals surface area contributed by atoms with Crippen LogP contribution in [0.5, 0.6) is 0 Å². The van der Waals surface area contributed by atoms with Crippen molar-refractivity contribution in [3.8, 4) is 0 Å². The number of hydrogen-bond acceptors (Lipinski definition) is 2. The van der Waals surface area contributed by atoms with Crippen molar-refractivity contribution < 1.29 is 4.79 Å². The lowest BCUT2D eigenvalue weighted by molar-refractivity contribution is -0.133. The fourth-order valence-electron chi connectivity index (χ4n) is 3.87. The molecule has 100 valence electrons. The van der Waals surface area contributed by atoms with E-state index in [0.29, 0.717) is 23.8 Å². The van der Waals surface area contributed by atoms with E-state index in [1.165, 1.54) is 12.0 Å². The van der Waals surface area contributed by atoms with E-state index in [4.69, 9.17) is 0 Å². The Bertz CT molecular complexity index is 487. The number of rotatable bonds is 2. The van der Waals surface area contributed by atoms with Crippen molar-refractivity contribution in [3.63, 3.8) is 0 Å². The minimum atomic E-state index is 0.252. The van der Waals surface area contributed by atoms with Crippen LogP contribution in [0.3, 0.4) is 0 Å². The summed E-state index contributed by atoms with van der Waals surface area (Å²) in [4.78, 5) is 14.8. The molecule has 3 aliphatic rings. The van der Waals surface area contributed by atoms with Crippen LogP contribution in [0.1, 0.15) is 24.3 Å². The number of nitrogens with one attached hydrogen (secondary N) is 1. The Kier molecular flexibility index (Phi) is 2.62. The predicted octanol–water partition coefficient (Wildman–Crippen LogP) is 1.61. The van der Waals surface area contributed by atoms with Crippen molar-refractivity contribution in [2.24, 2.45) is 11.8 Å². The van der Waals surface area contributed by atoms with Gasteiger partial charge >= 0.3 is 0 Å². The number of carbonyl (C=O) groups is 1. The lowest BCUT2D eigenvalue weighted by atomic mass is 10.0. The highest BCUT2D eigenvalue weighted by Crippen LogP contribution is 2.49. The quantitative estimate of drug-likeness (QED) is 0.872. The monoisotopic (exact) mass is 256 g/mol. The van der Waals surface area contributed by atoms with Gasteiger partial charge in [-0.2, -0.15) is 0 Å². The summed E-state index contributed by atoms with van der Waals surface area (Å²) in [5.41, 5.74) is 1.33. The van der Waals surface area contributed by atoms with Gasteiger partial charge in [0.05, 0.1) is 0 Å². The Hall–Kier alpha value is -1.35. The molecule has 1 aromatic rings. The van der Waals surface area contributed by atoms with Crippen molar-refractivity contribution in [3.05, 3.63) is 35.9 Å². The van der Waals surface area contributed by atoms with Crippen LogP contribution in [0.25, 0.3) is 0 Å². The number of likely N-dealkylation sites (tertiary alicyclic amines) is 1. The van der Waals surface area contributed by atoms with E-state index in [-0.39, 0.29) is 5.92 Å². The summed E-state index contributed by atoms with van der Waals surface area (Å²) in [6.07, 6.45) is 2.23. The average Bonchev–Trinajstić information content (AvgIpc) is 2.94. The molecule has 0 spiro atoms. The Morgan fingerprint density at radius 2 is 2.05 bits per heavy atom. The molecule has 2 saturated heterocycles. The third kappa shape index (κ3) is 1.88. The van der Waals surface area contributed by atoms with Crippen molar-refractivity contribution in [2.45, 2.75) is 24.8 Å². The van der Waals surface area contributed by atoms with E-state index in [1.807, 2.05) is 6.07 Å². The van der Waals surface area contributed by atoms with Gasteiger partial charge in [-0.05, 0) is 30.2 Å². The minimum Gasteiger partial charge on any atom is -0.338 e. The molecule has 0 bridgehead atoms. The maximum atomic E-state index is 12.6. The average molecular weight is 256 g/mol. The third-order valence-corrected chi connectivity index (χ3v) is 5.06. The zero-order chi connectivity index (χ0) is 12.8. The molecule has 3 heteroatoms. The predicted molar refractivity (Wildman–Crippen MR) is 73.8 cm³/mol. The third-order valence-electron chi connectivity index (χ3n) is 5.06. The van der Waals surface area contributed by atoms with Gasteiger partial charge in [0.15, 0.2) is 0 Å². The first kappa shape index (κ1) is 11.5. The maximum Gasteiger partial charge on any atom is 0.226 e. The summed E-state index contributed by atoms with van der Waals surface area (Å²) in [7, 11) is 0. The van der Waals surface area contributed by atoms with Gasteiger partial charge in [-0.1, -0.05) is 30.3 Å². The van der Waals surface area contributed by atoms with Gasteiger partial charge in [-0.3, -0.25) is 4.79 Å². The molecule has 1 aromatic carbocycles. The molecule has 3 fully saturated rings. The summed E-state index contributed by atoms with van der Waals surface area (Å²) in [6, 6.07) is 11.0. The van der Waals surface area contributed by atoms with Gasteiger partial charge in [0.25, 0.3) is 0 Å². The van der Waals surface area contributed by atoms with E-state index in [0.717, 1.165) is 26.1 Å². The first-order chi connectivity index (χ1) is 9.34. The molecule has 4 rings (SSSR count). The molecule has 2 unspecified atom stereocenters. The van der Waals surface area contributed by atoms with Gasteiger partial charge < -0.3 is 10.2 Å². The smallest absolute Gasteiger partial charge is 0.226 e. The van der Waals surface area contributed by atoms with Crippen LogP contribution >= 0.6 is 0 Å². The molecule has 1 aliphatic carbocycles. The molecule has 1 saturated carbocycles. The molecule has 2 heterocycles. The first-order valence-corrected chi connectivity index (χ1v) is 7.41. The van der Waals surface area contributed by atoms with E-state index < -0.39 is 0 Å². The zero-order valence-electron chi connectivity index (χ0n) is 11.1. The summed E-state index contributed by atoms with van der Waals surface area (Å²) in [5.74, 6) is 1.84. The topological polar surface area (TPSA) is 32.3 Å². The van der Waals surface area contributed by atoms with Crippen molar-refractivity contribution in [2.75, 3.05) is 19.6 Å². The molecule has 0 radical (unpaired) electrons. The molecule has 0 aromatic heterocycles. The molecular formula is C16H20N2O. The minimum absolute atomic E-state index is 0.252. The highest BCUT2D eigenvalue weighted by molar-refractivity contribution is 5.83. The lowest BCUT2D eigenvalue weighted by Gasteiger charge is -2.23. The number of fused-ring (bicyclic) bond motifs is 1. The van der Waals surface area contributed by atoms with E-state index in [9.17, 15) is 4.79 Å². The fourth-order valence-corrected chi connectivity index (χ4v) is 3.87. The van der Waals surface area contributed by atoms with Gasteiger partial charge in [-0.25, -0.2) is 0 Å². The molecule has 19 heavy (non-hydrogen) atoms. The van der Waals surface area contributed by atoms with E-state index >= 15 is 0 Å². The number of benzene rings is 1. The van der Waals surface area contributed by atoms with Crippen LogP contribution < -0.4 is 5.32 Å². The molecular weight excluding hydrogens is 236 g/mol. The van der Waals surface area contributed by atoms with Crippen molar-refractivity contribution in [1.29, 1.82) is 0 Å². The van der Waals surface area contributed by atoms with E-state index in [2.05, 4.69) is 34.5 Å². The molecule has 4 atom stereocenters. The van der Waals surface area contributed by atoms with Crippen LogP contribution in [-0.4, -0.2) is 36.5 Å². The van der Waals surface area contributed by atoms with Gasteiger partial charge in [0.2, 0.25) is 5.91 Å². The SMILES string of the molecule is O=C(C1CC1c1ccccc1)N1CC[C@H]2CNC[C@H]21. The Labute approximate surface area is 114 Å². The number of carbonyl (C=O) groups excluding carboxylic acids is 1. The summed E-state index contributed by atoms with van der Waals surface area (Å²) in [5, 5.41) is 3.42. The second-order valence-electron chi connectivity index (χ2n) is 6.17. The van der Waals surface area contributed by atoms with Crippen LogP contribution in [0, 0.1) is 11.8 Å². The van der Waals surface area contributed by atoms with Crippen LogP contribution in [0.4, 0.5) is 0 Å². The van der Waals surface area contributed by atoms with Gasteiger partial charge in [0.1, 0.15) is 0 Å². The highest BCUT2D eigenvalue weighted by atomic mass is 16.2. The summed E-state index contributed by atoms with van der Waals surface area (Å²) in [6.45, 7) is 3.08. The van der Waals surface area contributed by atoms with Crippen molar-refractivity contribution in [1.82, 2.24) is 10.2 Å². The van der Waals surface area contributed by atoms with Gasteiger partial charge in [0, 0.05) is 31.6 Å². The van der Waals surface area contributed by atoms with Crippen LogP contribution in [-0.2, 0) is 4.79 Å². The lowest BCUT2D eigenvalue weighted by Crippen LogP contribution is -2.40.